The van der Waals surface area contributed by atoms with Crippen molar-refractivity contribution in [2.75, 3.05) is 19.8 Å². The highest BCUT2D eigenvalue weighted by Gasteiger charge is 2.51. The zero-order valence-corrected chi connectivity index (χ0v) is 55.8. The van der Waals surface area contributed by atoms with Crippen molar-refractivity contribution in [2.45, 2.75) is 319 Å². The Bertz CT molecular complexity index is 2020. The average Bonchev–Trinajstić information content (AvgIpc) is 1.41. The quantitative estimate of drug-likeness (QED) is 0.0204. The Hall–Kier alpha value is -3.87. The van der Waals surface area contributed by atoms with Crippen LogP contribution in [0.3, 0.4) is 0 Å². The third-order valence-corrected chi connectivity index (χ3v) is 16.3. The number of nitrogens with one attached hydrogen (secondary N) is 1. The number of aliphatic hydroxyl groups excluding tert-OH is 8. The number of unbranched alkanes of at least 4 members (excludes halogenated alkanes) is 23. The maximum atomic E-state index is 13.3. The molecule has 2 heterocycles. The van der Waals surface area contributed by atoms with E-state index < -0.39 is 86.8 Å². The molecule has 0 aliphatic carbocycles. The van der Waals surface area contributed by atoms with Crippen molar-refractivity contribution in [2.24, 2.45) is 0 Å². The van der Waals surface area contributed by atoms with E-state index in [0.29, 0.717) is 12.8 Å². The molecule has 0 spiro atoms. The molecule has 2 aliphatic rings. The minimum absolute atomic E-state index is 0.242. The van der Waals surface area contributed by atoms with E-state index in [1.54, 1.807) is 6.08 Å². The van der Waals surface area contributed by atoms with Crippen molar-refractivity contribution in [1.82, 2.24) is 5.32 Å². The summed E-state index contributed by atoms with van der Waals surface area (Å²) in [5, 5.41) is 87.4. The molecule has 0 aromatic heterocycles. The Morgan fingerprint density at radius 3 is 1.22 bits per heavy atom. The van der Waals surface area contributed by atoms with Crippen LogP contribution in [0.5, 0.6) is 0 Å². The average molecular weight is 1260 g/mol. The largest absolute Gasteiger partial charge is 0.394 e. The Morgan fingerprint density at radius 1 is 0.411 bits per heavy atom. The monoisotopic (exact) mass is 1260 g/mol. The molecule has 12 atom stereocenters. The van der Waals surface area contributed by atoms with Gasteiger partial charge >= 0.3 is 0 Å². The van der Waals surface area contributed by atoms with E-state index >= 15 is 0 Å². The van der Waals surface area contributed by atoms with Gasteiger partial charge in [0.2, 0.25) is 5.91 Å². The highest BCUT2D eigenvalue weighted by Crippen LogP contribution is 2.30. The SMILES string of the molecule is CC/C=C\C/C=C\C/C=C\C/C=C\C/C=C\C/C=C\C/C=C\C/C=C\C/C=C\CCCCCCCC(=O)NC(COC1OC(CO)C(OC2OC(CO)C(O)C(O)C2O)C(O)C1O)C(O)/C=C/CC/C=C/CCCCCCCCCCCCCCCCCCC. The number of carbonyl (C=O) groups is 1. The Morgan fingerprint density at radius 2 is 0.778 bits per heavy atom. The van der Waals surface area contributed by atoms with Gasteiger partial charge in [-0.05, 0) is 103 Å². The van der Waals surface area contributed by atoms with Crippen LogP contribution in [0.1, 0.15) is 245 Å². The summed E-state index contributed by atoms with van der Waals surface area (Å²) >= 11 is 0. The number of hydrogen-bond acceptors (Lipinski definition) is 13. The van der Waals surface area contributed by atoms with Crippen LogP contribution in [0, 0.1) is 0 Å². The molecule has 9 N–H and O–H groups in total. The van der Waals surface area contributed by atoms with E-state index in [1.807, 2.05) is 6.08 Å². The summed E-state index contributed by atoms with van der Waals surface area (Å²) in [6, 6.07) is -0.954. The Labute approximate surface area is 545 Å². The summed E-state index contributed by atoms with van der Waals surface area (Å²) in [4.78, 5) is 13.3. The molecule has 0 bridgehead atoms. The first-order chi connectivity index (χ1) is 44.1. The van der Waals surface area contributed by atoms with Crippen LogP contribution in [0.25, 0.3) is 0 Å². The zero-order chi connectivity index (χ0) is 65.2. The van der Waals surface area contributed by atoms with E-state index in [1.165, 1.54) is 109 Å². The van der Waals surface area contributed by atoms with Crippen LogP contribution in [-0.4, -0.2) is 140 Å². The third-order valence-electron chi connectivity index (χ3n) is 16.3. The molecule has 14 nitrogen and oxygen atoms in total. The fourth-order valence-corrected chi connectivity index (χ4v) is 10.7. The normalized spacial score (nSPS) is 23.8. The first-order valence-electron chi connectivity index (χ1n) is 35.4. The van der Waals surface area contributed by atoms with Gasteiger partial charge in [0.1, 0.15) is 48.8 Å². The van der Waals surface area contributed by atoms with Crippen molar-refractivity contribution in [3.05, 3.63) is 134 Å². The molecule has 2 rings (SSSR count). The number of amides is 1. The molecule has 514 valence electrons. The predicted octanol–water partition coefficient (Wildman–Crippen LogP) is 14.7. The van der Waals surface area contributed by atoms with E-state index in [0.717, 1.165) is 103 Å². The molecule has 0 radical (unpaired) electrons. The number of rotatable bonds is 56. The first-order valence-corrected chi connectivity index (χ1v) is 35.4. The maximum absolute atomic E-state index is 13.3. The fraction of sp³-hybridized carbons (Fsp3) is 0.697. The van der Waals surface area contributed by atoms with Gasteiger partial charge in [-0.25, -0.2) is 0 Å². The molecular formula is C76H127NO13. The lowest BCUT2D eigenvalue weighted by molar-refractivity contribution is -0.359. The first kappa shape index (κ1) is 82.2. The van der Waals surface area contributed by atoms with Gasteiger partial charge in [0.15, 0.2) is 12.6 Å². The van der Waals surface area contributed by atoms with Crippen molar-refractivity contribution in [1.29, 1.82) is 0 Å². The summed E-state index contributed by atoms with van der Waals surface area (Å²) < 4.78 is 22.8. The molecule has 12 unspecified atom stereocenters. The summed E-state index contributed by atoms with van der Waals surface area (Å²) in [5.41, 5.74) is 0. The molecule has 2 fully saturated rings. The lowest BCUT2D eigenvalue weighted by Crippen LogP contribution is -2.65. The highest BCUT2D eigenvalue weighted by atomic mass is 16.7. The number of allylic oxidation sites excluding steroid dienone is 21. The van der Waals surface area contributed by atoms with Gasteiger partial charge in [-0.1, -0.05) is 270 Å². The van der Waals surface area contributed by atoms with E-state index in [4.69, 9.17) is 18.9 Å². The maximum Gasteiger partial charge on any atom is 0.220 e. The molecule has 2 saturated heterocycles. The zero-order valence-electron chi connectivity index (χ0n) is 55.8. The van der Waals surface area contributed by atoms with Crippen molar-refractivity contribution < 1.29 is 64.6 Å². The number of hydrogen-bond donors (Lipinski definition) is 9. The van der Waals surface area contributed by atoms with Crippen LogP contribution >= 0.6 is 0 Å². The second-order valence-electron chi connectivity index (χ2n) is 24.3. The molecule has 0 aromatic carbocycles. The van der Waals surface area contributed by atoms with Crippen molar-refractivity contribution >= 4 is 5.91 Å². The Balaban J connectivity index is 1.72. The summed E-state index contributed by atoms with van der Waals surface area (Å²) in [5.74, 6) is -0.272. The number of ether oxygens (including phenoxy) is 4. The van der Waals surface area contributed by atoms with Crippen LogP contribution in [0.4, 0.5) is 0 Å². The molecule has 1 amide bonds. The second kappa shape index (κ2) is 58.9. The van der Waals surface area contributed by atoms with Gasteiger partial charge in [0.05, 0.1) is 32.0 Å². The summed E-state index contributed by atoms with van der Waals surface area (Å²) in [6.45, 7) is 2.66. The number of carbonyl (C=O) groups excluding carboxylic acids is 1. The van der Waals surface area contributed by atoms with Crippen molar-refractivity contribution in [3.8, 4) is 0 Å². The fourth-order valence-electron chi connectivity index (χ4n) is 10.7. The smallest absolute Gasteiger partial charge is 0.220 e. The predicted molar refractivity (Wildman–Crippen MR) is 368 cm³/mol. The number of aliphatic hydroxyl groups is 8. The van der Waals surface area contributed by atoms with Gasteiger partial charge < -0.3 is 65.1 Å². The van der Waals surface area contributed by atoms with Crippen LogP contribution in [0.15, 0.2) is 134 Å². The minimum atomic E-state index is -1.80. The molecule has 90 heavy (non-hydrogen) atoms. The highest BCUT2D eigenvalue weighted by molar-refractivity contribution is 5.76. The van der Waals surface area contributed by atoms with Gasteiger partial charge in [-0.3, -0.25) is 4.79 Å². The van der Waals surface area contributed by atoms with Gasteiger partial charge in [-0.2, -0.15) is 0 Å². The van der Waals surface area contributed by atoms with Crippen molar-refractivity contribution in [3.63, 3.8) is 0 Å². The summed E-state index contributed by atoms with van der Waals surface area (Å²) in [7, 11) is 0. The van der Waals surface area contributed by atoms with E-state index in [2.05, 4.69) is 141 Å². The lowest BCUT2D eigenvalue weighted by Gasteiger charge is -2.46. The summed E-state index contributed by atoms with van der Waals surface area (Å²) in [6.07, 6.45) is 70.7. The molecular weight excluding hydrogens is 1130 g/mol. The molecule has 0 aromatic rings. The van der Waals surface area contributed by atoms with Crippen LogP contribution < -0.4 is 5.32 Å². The van der Waals surface area contributed by atoms with Crippen LogP contribution in [0.2, 0.25) is 0 Å². The van der Waals surface area contributed by atoms with E-state index in [9.17, 15) is 45.6 Å². The van der Waals surface area contributed by atoms with Gasteiger partial charge in [0.25, 0.3) is 0 Å². The molecule has 14 heteroatoms. The van der Waals surface area contributed by atoms with E-state index in [-0.39, 0.29) is 18.9 Å². The lowest BCUT2D eigenvalue weighted by atomic mass is 9.97. The topological polar surface area (TPSA) is 228 Å². The Kier molecular flexibility index (Phi) is 53.8. The van der Waals surface area contributed by atoms with Crippen LogP contribution in [-0.2, 0) is 23.7 Å². The molecule has 2 aliphatic heterocycles. The second-order valence-corrected chi connectivity index (χ2v) is 24.3. The van der Waals surface area contributed by atoms with Gasteiger partial charge in [0, 0.05) is 6.42 Å². The third kappa shape index (κ3) is 42.4. The standard InChI is InChI=1S/C76H127NO13/c1-3-5-7-9-11-13-15-17-19-21-23-25-27-28-29-30-31-32-33-34-35-36-38-40-42-44-46-48-50-52-54-56-58-60-68(81)77-64(63-87-75-73(86)71(84)74(67(62-79)89-75)90-76-72(85)70(83)69(82)66(61-78)88-76)65(80)59-57-55-53-51-49-47-45-43-41-39-37-26-24-22-20-18-16-14-12-10-8-6-4-2/h5,7,11,13,17,19,23,25,28-29,31-32,34-35,38,40,44,46,49,51,57,59,64-67,69-76,78-80,82-86H,3-4,6,8-10,12,14-16,18,20-22,24,26-27,30,33,36-37,39,41-43,45,47-48,50,52-56,58,60-63H2,1-2H3,(H,77,81)/b7-5-,13-11-,19-17-,25-23-,29-28-,32-31-,35-34-,40-38-,46-44-,51-49+,59-57+. The molecule has 0 saturated carbocycles. The van der Waals surface area contributed by atoms with Gasteiger partial charge in [-0.15, -0.1) is 0 Å². The minimum Gasteiger partial charge on any atom is -0.394 e.